The van der Waals surface area contributed by atoms with Gasteiger partial charge in [0.05, 0.1) is 5.56 Å². The van der Waals surface area contributed by atoms with E-state index >= 15 is 0 Å². The minimum atomic E-state index is -4.56. The summed E-state index contributed by atoms with van der Waals surface area (Å²) in [5.41, 5.74) is 0.657. The van der Waals surface area contributed by atoms with Crippen LogP contribution in [-0.4, -0.2) is 35.6 Å². The zero-order chi connectivity index (χ0) is 16.9. The summed E-state index contributed by atoms with van der Waals surface area (Å²) >= 11 is 0. The van der Waals surface area contributed by atoms with Crippen LogP contribution in [0.1, 0.15) is 22.3 Å². The highest BCUT2D eigenvalue weighted by Crippen LogP contribution is 2.17. The molecule has 1 aromatic carbocycles. The van der Waals surface area contributed by atoms with Crippen molar-refractivity contribution in [3.05, 3.63) is 29.3 Å². The molecule has 3 N–H and O–H groups in total. The summed E-state index contributed by atoms with van der Waals surface area (Å²) in [5.74, 6) is -3.12. The van der Waals surface area contributed by atoms with Gasteiger partial charge in [0.25, 0.3) is 0 Å². The van der Waals surface area contributed by atoms with E-state index in [9.17, 15) is 27.6 Å². The van der Waals surface area contributed by atoms with Crippen LogP contribution in [0.2, 0.25) is 0 Å². The van der Waals surface area contributed by atoms with Gasteiger partial charge in [-0.05, 0) is 24.6 Å². The average molecular weight is 318 g/mol. The van der Waals surface area contributed by atoms with Crippen LogP contribution < -0.4 is 10.6 Å². The Balaban J connectivity index is 2.63. The Kier molecular flexibility index (Phi) is 5.50. The summed E-state index contributed by atoms with van der Waals surface area (Å²) in [6, 6.07) is 4.00. The Bertz CT molecular complexity index is 599. The van der Waals surface area contributed by atoms with Crippen molar-refractivity contribution in [3.8, 4) is 0 Å². The van der Waals surface area contributed by atoms with Crippen molar-refractivity contribution in [1.29, 1.82) is 0 Å². The third kappa shape index (κ3) is 5.81. The molecular weight excluding hydrogens is 305 g/mol. The quantitative estimate of drug-likeness (QED) is 0.720. The predicted molar refractivity (Wildman–Crippen MR) is 70.4 cm³/mol. The summed E-state index contributed by atoms with van der Waals surface area (Å²) < 4.78 is 35.7. The molecule has 22 heavy (non-hydrogen) atoms. The molecule has 0 aliphatic carbocycles. The van der Waals surface area contributed by atoms with Crippen molar-refractivity contribution in [3.63, 3.8) is 0 Å². The van der Waals surface area contributed by atoms with Crippen LogP contribution >= 0.6 is 0 Å². The molecule has 0 radical (unpaired) electrons. The summed E-state index contributed by atoms with van der Waals surface area (Å²) in [7, 11) is 0. The molecule has 0 saturated carbocycles. The molecule has 0 saturated heterocycles. The number of benzene rings is 1. The van der Waals surface area contributed by atoms with Gasteiger partial charge in [0.15, 0.2) is 0 Å². The first-order valence-corrected chi connectivity index (χ1v) is 6.06. The second kappa shape index (κ2) is 6.92. The number of carbonyl (C=O) groups is 3. The zero-order valence-electron chi connectivity index (χ0n) is 11.5. The van der Waals surface area contributed by atoms with E-state index < -0.39 is 36.9 Å². The van der Waals surface area contributed by atoms with Gasteiger partial charge >= 0.3 is 12.1 Å². The molecular formula is C13H13F3N2O4. The Morgan fingerprint density at radius 1 is 1.18 bits per heavy atom. The first-order valence-electron chi connectivity index (χ1n) is 6.06. The van der Waals surface area contributed by atoms with E-state index in [2.05, 4.69) is 5.32 Å². The van der Waals surface area contributed by atoms with Gasteiger partial charge in [0.1, 0.15) is 13.0 Å². The van der Waals surface area contributed by atoms with E-state index in [0.29, 0.717) is 5.56 Å². The summed E-state index contributed by atoms with van der Waals surface area (Å²) in [6.07, 6.45) is -5.36. The van der Waals surface area contributed by atoms with Crippen molar-refractivity contribution in [2.24, 2.45) is 0 Å². The average Bonchev–Trinajstić information content (AvgIpc) is 2.38. The number of hydrogen-bond acceptors (Lipinski definition) is 3. The third-order valence-electron chi connectivity index (χ3n) is 2.57. The highest BCUT2D eigenvalue weighted by Gasteiger charge is 2.28. The van der Waals surface area contributed by atoms with Gasteiger partial charge in [-0.1, -0.05) is 6.07 Å². The minimum Gasteiger partial charge on any atom is -0.478 e. The molecule has 0 fully saturated rings. The van der Waals surface area contributed by atoms with E-state index in [1.54, 1.807) is 12.2 Å². The predicted octanol–water partition coefficient (Wildman–Crippen LogP) is 1.70. The Morgan fingerprint density at radius 2 is 1.82 bits per heavy atom. The molecule has 6 nitrogen and oxygen atoms in total. The molecule has 0 atom stereocenters. The van der Waals surface area contributed by atoms with Gasteiger partial charge in [-0.2, -0.15) is 13.2 Å². The lowest BCUT2D eigenvalue weighted by Crippen LogP contribution is -2.35. The summed E-state index contributed by atoms with van der Waals surface area (Å²) in [5, 5.41) is 12.7. The van der Waals surface area contributed by atoms with E-state index in [0.717, 1.165) is 0 Å². The van der Waals surface area contributed by atoms with Crippen LogP contribution in [0.5, 0.6) is 0 Å². The van der Waals surface area contributed by atoms with Gasteiger partial charge in [-0.25, -0.2) is 4.79 Å². The molecule has 0 aliphatic heterocycles. The fourth-order valence-corrected chi connectivity index (χ4v) is 1.49. The molecule has 2 amide bonds. The van der Waals surface area contributed by atoms with Gasteiger partial charge in [-0.3, -0.25) is 9.59 Å². The fraction of sp³-hybridized carbons (Fsp3) is 0.308. The second-order valence-corrected chi connectivity index (χ2v) is 4.45. The number of hydrogen-bond donors (Lipinski definition) is 3. The van der Waals surface area contributed by atoms with Crippen LogP contribution in [0.25, 0.3) is 0 Å². The summed E-state index contributed by atoms with van der Waals surface area (Å²) in [6.45, 7) is 0.0810. The number of nitrogens with one attached hydrogen (secondary N) is 2. The fourth-order valence-electron chi connectivity index (χ4n) is 1.49. The van der Waals surface area contributed by atoms with Gasteiger partial charge in [0.2, 0.25) is 11.8 Å². The van der Waals surface area contributed by atoms with Gasteiger partial charge < -0.3 is 15.7 Å². The summed E-state index contributed by atoms with van der Waals surface area (Å²) in [4.78, 5) is 33.6. The Labute approximate surface area is 123 Å². The molecule has 0 unspecified atom stereocenters. The lowest BCUT2D eigenvalue weighted by atomic mass is 10.1. The standard InChI is InChI=1S/C13H13F3N2O4/c1-7-2-3-8(12(21)22)4-9(7)18-11(20)5-10(19)17-6-13(14,15)16/h2-4H,5-6H2,1H3,(H,17,19)(H,18,20)(H,21,22). The Morgan fingerprint density at radius 3 is 2.36 bits per heavy atom. The molecule has 0 aromatic heterocycles. The second-order valence-electron chi connectivity index (χ2n) is 4.45. The number of alkyl halides is 3. The van der Waals surface area contributed by atoms with Crippen molar-refractivity contribution < 1.29 is 32.7 Å². The number of amides is 2. The SMILES string of the molecule is Cc1ccc(C(=O)O)cc1NC(=O)CC(=O)NCC(F)(F)F. The topological polar surface area (TPSA) is 95.5 Å². The largest absolute Gasteiger partial charge is 0.478 e. The highest BCUT2D eigenvalue weighted by atomic mass is 19.4. The van der Waals surface area contributed by atoms with E-state index in [1.165, 1.54) is 18.2 Å². The number of carboxylic acid groups (broad SMARTS) is 1. The zero-order valence-corrected chi connectivity index (χ0v) is 11.5. The van der Waals surface area contributed by atoms with Crippen LogP contribution in [-0.2, 0) is 9.59 Å². The highest BCUT2D eigenvalue weighted by molar-refractivity contribution is 6.04. The minimum absolute atomic E-state index is 0.0672. The number of carbonyl (C=O) groups excluding carboxylic acids is 2. The first kappa shape index (κ1) is 17.5. The van der Waals surface area contributed by atoms with Crippen LogP contribution in [0.3, 0.4) is 0 Å². The third-order valence-corrected chi connectivity index (χ3v) is 2.57. The number of carboxylic acids is 1. The number of rotatable bonds is 5. The van der Waals surface area contributed by atoms with Crippen molar-refractivity contribution in [2.45, 2.75) is 19.5 Å². The molecule has 120 valence electrons. The molecule has 1 aromatic rings. The van der Waals surface area contributed by atoms with E-state index in [4.69, 9.17) is 5.11 Å². The van der Waals surface area contributed by atoms with Gasteiger partial charge in [0, 0.05) is 5.69 Å². The first-order chi connectivity index (χ1) is 10.1. The number of halogens is 3. The maximum Gasteiger partial charge on any atom is 0.405 e. The molecule has 9 heteroatoms. The number of aryl methyl sites for hydroxylation is 1. The molecule has 1 rings (SSSR count). The molecule has 0 heterocycles. The lowest BCUT2D eigenvalue weighted by molar-refractivity contribution is -0.140. The van der Waals surface area contributed by atoms with Crippen LogP contribution in [0.4, 0.5) is 18.9 Å². The lowest BCUT2D eigenvalue weighted by Gasteiger charge is -2.10. The Hall–Kier alpha value is -2.58. The van der Waals surface area contributed by atoms with Crippen molar-refractivity contribution in [2.75, 3.05) is 11.9 Å². The molecule has 0 bridgehead atoms. The maximum absolute atomic E-state index is 11.9. The van der Waals surface area contributed by atoms with Gasteiger partial charge in [-0.15, -0.1) is 0 Å². The number of aromatic carboxylic acids is 1. The van der Waals surface area contributed by atoms with E-state index in [1.807, 2.05) is 0 Å². The van der Waals surface area contributed by atoms with Crippen molar-refractivity contribution >= 4 is 23.5 Å². The smallest absolute Gasteiger partial charge is 0.405 e. The maximum atomic E-state index is 11.9. The normalized spacial score (nSPS) is 10.9. The van der Waals surface area contributed by atoms with Crippen LogP contribution in [0, 0.1) is 6.92 Å². The van der Waals surface area contributed by atoms with Crippen molar-refractivity contribution in [1.82, 2.24) is 5.32 Å². The van der Waals surface area contributed by atoms with Crippen LogP contribution in [0.15, 0.2) is 18.2 Å². The monoisotopic (exact) mass is 318 g/mol. The molecule has 0 aliphatic rings. The van der Waals surface area contributed by atoms with E-state index in [-0.39, 0.29) is 11.3 Å². The number of anilines is 1. The molecule has 0 spiro atoms.